The molecular formula is C27H29N5O3. The van der Waals surface area contributed by atoms with Gasteiger partial charge in [0.2, 0.25) is 11.8 Å². The van der Waals surface area contributed by atoms with Crippen LogP contribution in [0.5, 0.6) is 11.6 Å². The molecule has 1 saturated heterocycles. The summed E-state index contributed by atoms with van der Waals surface area (Å²) in [5.41, 5.74) is 6.40. The Labute approximate surface area is 205 Å². The van der Waals surface area contributed by atoms with Gasteiger partial charge in [0.05, 0.1) is 30.5 Å². The fourth-order valence-electron chi connectivity index (χ4n) is 4.48. The third-order valence-corrected chi connectivity index (χ3v) is 6.27. The van der Waals surface area contributed by atoms with Gasteiger partial charge in [0, 0.05) is 29.9 Å². The highest BCUT2D eigenvalue weighted by Crippen LogP contribution is 2.36. The van der Waals surface area contributed by atoms with Gasteiger partial charge in [-0.15, -0.1) is 0 Å². The summed E-state index contributed by atoms with van der Waals surface area (Å²) in [4.78, 5) is 11.8. The van der Waals surface area contributed by atoms with Crippen molar-refractivity contribution in [2.75, 3.05) is 32.1 Å². The summed E-state index contributed by atoms with van der Waals surface area (Å²) in [5.74, 6) is 1.83. The van der Waals surface area contributed by atoms with E-state index in [0.29, 0.717) is 30.6 Å². The molecule has 0 unspecified atom stereocenters. The number of anilines is 2. The third-order valence-electron chi connectivity index (χ3n) is 6.27. The molecule has 2 aliphatic rings. The molecule has 0 amide bonds. The SMILES string of the molecule is Cc1cc(C2OCCCO2)cc(C)c1Oc1nc(Nc2ccc(C#N)cc2)nc2c1CCN(C)C2. The van der Waals surface area contributed by atoms with Crippen LogP contribution in [0.1, 0.15) is 46.2 Å². The van der Waals surface area contributed by atoms with Crippen LogP contribution in [0.3, 0.4) is 0 Å². The van der Waals surface area contributed by atoms with E-state index in [2.05, 4.69) is 35.5 Å². The fraction of sp³-hybridized carbons (Fsp3) is 0.370. The quantitative estimate of drug-likeness (QED) is 0.560. The molecule has 8 nitrogen and oxygen atoms in total. The number of aryl methyl sites for hydroxylation is 2. The van der Waals surface area contributed by atoms with Crippen LogP contribution in [-0.4, -0.2) is 41.7 Å². The Hall–Kier alpha value is -3.51. The molecule has 5 rings (SSSR count). The number of nitrogens with one attached hydrogen (secondary N) is 1. The van der Waals surface area contributed by atoms with Crippen molar-refractivity contribution in [2.24, 2.45) is 0 Å². The average Bonchev–Trinajstić information content (AvgIpc) is 2.86. The second-order valence-corrected chi connectivity index (χ2v) is 9.09. The topological polar surface area (TPSA) is 92.5 Å². The van der Waals surface area contributed by atoms with Crippen molar-refractivity contribution < 1.29 is 14.2 Å². The van der Waals surface area contributed by atoms with E-state index in [4.69, 9.17) is 29.4 Å². The lowest BCUT2D eigenvalue weighted by Gasteiger charge is -2.27. The van der Waals surface area contributed by atoms with E-state index >= 15 is 0 Å². The van der Waals surface area contributed by atoms with Crippen molar-refractivity contribution in [1.82, 2.24) is 14.9 Å². The fourth-order valence-corrected chi connectivity index (χ4v) is 4.48. The van der Waals surface area contributed by atoms with E-state index < -0.39 is 0 Å². The number of rotatable bonds is 5. The van der Waals surface area contributed by atoms with Crippen molar-refractivity contribution in [3.63, 3.8) is 0 Å². The molecule has 3 heterocycles. The number of nitrogens with zero attached hydrogens (tertiary/aromatic N) is 4. The summed E-state index contributed by atoms with van der Waals surface area (Å²) in [7, 11) is 2.09. The standard InChI is InChI=1S/C27H29N5O3/c1-17-13-20(26-33-11-4-12-34-26)14-18(2)24(17)35-25-22-9-10-32(3)16-23(22)30-27(31-25)29-21-7-5-19(15-28)6-8-21/h5-8,13-14,26H,4,9-12,16H2,1-3H3,(H,29,30,31). The predicted molar refractivity (Wildman–Crippen MR) is 132 cm³/mol. The van der Waals surface area contributed by atoms with E-state index in [0.717, 1.165) is 65.3 Å². The lowest BCUT2D eigenvalue weighted by molar-refractivity contribution is -0.183. The van der Waals surface area contributed by atoms with Crippen LogP contribution < -0.4 is 10.1 Å². The first kappa shape index (κ1) is 23.2. The van der Waals surface area contributed by atoms with E-state index in [1.165, 1.54) is 0 Å². The molecule has 2 aliphatic heterocycles. The first-order chi connectivity index (χ1) is 17.0. The smallest absolute Gasteiger partial charge is 0.230 e. The number of benzene rings is 2. The summed E-state index contributed by atoms with van der Waals surface area (Å²) < 4.78 is 18.1. The molecule has 1 aromatic heterocycles. The molecule has 1 fully saturated rings. The number of hydrogen-bond donors (Lipinski definition) is 1. The maximum Gasteiger partial charge on any atom is 0.230 e. The minimum absolute atomic E-state index is 0.333. The van der Waals surface area contributed by atoms with E-state index in [-0.39, 0.29) is 6.29 Å². The Morgan fingerprint density at radius 1 is 1.09 bits per heavy atom. The summed E-state index contributed by atoms with van der Waals surface area (Å²) in [6.07, 6.45) is 1.40. The molecule has 180 valence electrons. The van der Waals surface area contributed by atoms with Crippen LogP contribution in [0.4, 0.5) is 11.6 Å². The van der Waals surface area contributed by atoms with Crippen LogP contribution in [0.2, 0.25) is 0 Å². The van der Waals surface area contributed by atoms with E-state index in [1.807, 2.05) is 26.0 Å². The lowest BCUT2D eigenvalue weighted by Crippen LogP contribution is -2.28. The lowest BCUT2D eigenvalue weighted by atomic mass is 10.0. The molecule has 8 heteroatoms. The third kappa shape index (κ3) is 5.13. The Balaban J connectivity index is 1.47. The van der Waals surface area contributed by atoms with Gasteiger partial charge >= 0.3 is 0 Å². The van der Waals surface area contributed by atoms with Crippen molar-refractivity contribution >= 4 is 11.6 Å². The summed E-state index contributed by atoms with van der Waals surface area (Å²) in [6, 6.07) is 13.5. The zero-order chi connectivity index (χ0) is 24.4. The second-order valence-electron chi connectivity index (χ2n) is 9.09. The first-order valence-electron chi connectivity index (χ1n) is 11.9. The zero-order valence-corrected chi connectivity index (χ0v) is 20.3. The van der Waals surface area contributed by atoms with Crippen molar-refractivity contribution in [1.29, 1.82) is 5.26 Å². The van der Waals surface area contributed by atoms with Crippen LogP contribution >= 0.6 is 0 Å². The monoisotopic (exact) mass is 471 g/mol. The van der Waals surface area contributed by atoms with Crippen LogP contribution in [0.15, 0.2) is 36.4 Å². The highest BCUT2D eigenvalue weighted by molar-refractivity contribution is 5.56. The molecule has 0 aliphatic carbocycles. The molecule has 0 radical (unpaired) electrons. The zero-order valence-electron chi connectivity index (χ0n) is 20.3. The van der Waals surface area contributed by atoms with Gasteiger partial charge in [0.15, 0.2) is 6.29 Å². The predicted octanol–water partition coefficient (Wildman–Crippen LogP) is 4.92. The van der Waals surface area contributed by atoms with Crippen LogP contribution in [0.25, 0.3) is 0 Å². The van der Waals surface area contributed by atoms with Gasteiger partial charge < -0.3 is 24.4 Å². The van der Waals surface area contributed by atoms with Gasteiger partial charge in [-0.3, -0.25) is 0 Å². The Morgan fingerprint density at radius 3 is 2.49 bits per heavy atom. The van der Waals surface area contributed by atoms with Gasteiger partial charge in [-0.2, -0.15) is 10.2 Å². The number of aromatic nitrogens is 2. The van der Waals surface area contributed by atoms with Crippen LogP contribution in [0, 0.1) is 25.2 Å². The first-order valence-corrected chi connectivity index (χ1v) is 11.9. The molecule has 0 spiro atoms. The van der Waals surface area contributed by atoms with Crippen molar-refractivity contribution in [2.45, 2.75) is 39.5 Å². The second kappa shape index (κ2) is 10.0. The molecular weight excluding hydrogens is 442 g/mol. The van der Waals surface area contributed by atoms with Crippen molar-refractivity contribution in [3.8, 4) is 17.7 Å². The van der Waals surface area contributed by atoms with E-state index in [9.17, 15) is 0 Å². The minimum atomic E-state index is -0.333. The summed E-state index contributed by atoms with van der Waals surface area (Å²) in [5, 5.41) is 12.3. The van der Waals surface area contributed by atoms with Crippen molar-refractivity contribution in [3.05, 3.63) is 69.9 Å². The highest BCUT2D eigenvalue weighted by Gasteiger charge is 2.24. The highest BCUT2D eigenvalue weighted by atomic mass is 16.7. The van der Waals surface area contributed by atoms with Gasteiger partial charge in [-0.05, 0) is 81.3 Å². The molecule has 2 aromatic carbocycles. The number of ether oxygens (including phenoxy) is 3. The average molecular weight is 472 g/mol. The summed E-state index contributed by atoms with van der Waals surface area (Å²) >= 11 is 0. The van der Waals surface area contributed by atoms with Gasteiger partial charge in [0.25, 0.3) is 0 Å². The molecule has 0 bridgehead atoms. The Morgan fingerprint density at radius 2 is 1.80 bits per heavy atom. The molecule has 1 N–H and O–H groups in total. The number of hydrogen-bond acceptors (Lipinski definition) is 8. The minimum Gasteiger partial charge on any atom is -0.438 e. The Bertz CT molecular complexity index is 1240. The van der Waals surface area contributed by atoms with E-state index in [1.54, 1.807) is 12.1 Å². The van der Waals surface area contributed by atoms with Gasteiger partial charge in [-0.1, -0.05) is 0 Å². The molecule has 0 saturated carbocycles. The number of likely N-dealkylation sites (N-methyl/N-ethyl adjacent to an activating group) is 1. The van der Waals surface area contributed by atoms with Crippen LogP contribution in [-0.2, 0) is 22.4 Å². The maximum absolute atomic E-state index is 9.06. The molecule has 3 aromatic rings. The Kier molecular flexibility index (Phi) is 6.64. The number of nitriles is 1. The van der Waals surface area contributed by atoms with Gasteiger partial charge in [0.1, 0.15) is 5.75 Å². The molecule has 0 atom stereocenters. The van der Waals surface area contributed by atoms with Gasteiger partial charge in [-0.25, -0.2) is 4.98 Å². The maximum atomic E-state index is 9.06. The number of fused-ring (bicyclic) bond motifs is 1. The molecule has 35 heavy (non-hydrogen) atoms. The normalized spacial score (nSPS) is 16.4. The largest absolute Gasteiger partial charge is 0.438 e. The summed E-state index contributed by atoms with van der Waals surface area (Å²) in [6.45, 7) is 7.12.